The summed E-state index contributed by atoms with van der Waals surface area (Å²) in [6.07, 6.45) is 4.91. The highest BCUT2D eigenvalue weighted by molar-refractivity contribution is 6.10. The minimum atomic E-state index is 0.264. The summed E-state index contributed by atoms with van der Waals surface area (Å²) in [6, 6.07) is 8.06. The van der Waals surface area contributed by atoms with Crippen LogP contribution in [0.4, 0.5) is 0 Å². The number of aryl methyl sites for hydroxylation is 1. The molecule has 18 heavy (non-hydrogen) atoms. The molecule has 1 heterocycles. The summed E-state index contributed by atoms with van der Waals surface area (Å²) in [7, 11) is 0. The van der Waals surface area contributed by atoms with Crippen molar-refractivity contribution in [3.63, 3.8) is 0 Å². The van der Waals surface area contributed by atoms with Gasteiger partial charge in [0.25, 0.3) is 0 Å². The van der Waals surface area contributed by atoms with E-state index in [0.29, 0.717) is 0 Å². The van der Waals surface area contributed by atoms with Crippen molar-refractivity contribution in [1.82, 2.24) is 0 Å². The Bertz CT molecular complexity index is 492. The first-order chi connectivity index (χ1) is 8.86. The van der Waals surface area contributed by atoms with Gasteiger partial charge < -0.3 is 4.74 Å². The first-order valence-corrected chi connectivity index (χ1v) is 6.77. The number of ketones is 1. The van der Waals surface area contributed by atoms with Crippen molar-refractivity contribution in [2.45, 2.75) is 32.1 Å². The van der Waals surface area contributed by atoms with Gasteiger partial charge in [0.15, 0.2) is 5.78 Å². The Hall–Kier alpha value is -1.41. The van der Waals surface area contributed by atoms with Crippen molar-refractivity contribution < 1.29 is 9.53 Å². The maximum atomic E-state index is 12.6. The number of Topliss-reactive ketones (excluding diaryl/α,β-unsaturated/α-hetero) is 1. The fraction of sp³-hybridized carbons (Fsp3) is 0.438. The number of carbonyl (C=O) groups excluding carboxylic acids is 1. The van der Waals surface area contributed by atoms with Gasteiger partial charge in [0.1, 0.15) is 0 Å². The van der Waals surface area contributed by atoms with Crippen molar-refractivity contribution in [3.05, 3.63) is 46.5 Å². The van der Waals surface area contributed by atoms with E-state index in [1.807, 2.05) is 18.2 Å². The van der Waals surface area contributed by atoms with Gasteiger partial charge in [-0.15, -0.1) is 0 Å². The summed E-state index contributed by atoms with van der Waals surface area (Å²) in [6.45, 7) is 1.54. The number of carbonyl (C=O) groups is 1. The molecule has 2 nitrogen and oxygen atoms in total. The highest BCUT2D eigenvalue weighted by atomic mass is 16.5. The third-order valence-electron chi connectivity index (χ3n) is 3.93. The number of hydrogen-bond donors (Lipinski definition) is 0. The molecule has 0 unspecified atom stereocenters. The minimum absolute atomic E-state index is 0.264. The lowest BCUT2D eigenvalue weighted by molar-refractivity contribution is 0.101. The summed E-state index contributed by atoms with van der Waals surface area (Å²) in [4.78, 5) is 12.6. The molecule has 2 heteroatoms. The summed E-state index contributed by atoms with van der Waals surface area (Å²) in [5, 5.41) is 0. The fourth-order valence-electron chi connectivity index (χ4n) is 2.95. The maximum Gasteiger partial charge on any atom is 0.189 e. The van der Waals surface area contributed by atoms with Crippen LogP contribution in [0.1, 0.15) is 41.6 Å². The Morgan fingerprint density at radius 2 is 1.72 bits per heavy atom. The van der Waals surface area contributed by atoms with E-state index in [2.05, 4.69) is 6.07 Å². The van der Waals surface area contributed by atoms with Crippen molar-refractivity contribution in [3.8, 4) is 0 Å². The summed E-state index contributed by atoms with van der Waals surface area (Å²) in [5.74, 6) is 0.264. The van der Waals surface area contributed by atoms with Gasteiger partial charge in [-0.2, -0.15) is 0 Å². The Balaban J connectivity index is 2.01. The molecule has 3 rings (SSSR count). The molecule has 0 amide bonds. The quantitative estimate of drug-likeness (QED) is 0.515. The van der Waals surface area contributed by atoms with Gasteiger partial charge in [0, 0.05) is 5.56 Å². The average molecular weight is 242 g/mol. The van der Waals surface area contributed by atoms with E-state index in [1.165, 1.54) is 11.1 Å². The average Bonchev–Trinajstić information content (AvgIpc) is 2.60. The second-order valence-electron chi connectivity index (χ2n) is 5.03. The largest absolute Gasteiger partial charge is 0.381 e. The van der Waals surface area contributed by atoms with E-state index in [9.17, 15) is 4.79 Å². The molecule has 0 N–H and O–H groups in total. The van der Waals surface area contributed by atoms with Crippen molar-refractivity contribution in [1.29, 1.82) is 0 Å². The molecule has 0 aromatic heterocycles. The first kappa shape index (κ1) is 11.7. The van der Waals surface area contributed by atoms with E-state index in [-0.39, 0.29) is 5.78 Å². The standard InChI is InChI=1S/C16H18O2/c17-16-14-6-2-1-4-12(14)5-3-7-15(16)13-8-10-18-11-9-13/h1-2,4,6H,3,5,7-11H2. The van der Waals surface area contributed by atoms with Crippen LogP contribution in [0.2, 0.25) is 0 Å². The number of benzene rings is 1. The lowest BCUT2D eigenvalue weighted by Gasteiger charge is -2.18. The predicted octanol–water partition coefficient (Wildman–Crippen LogP) is 3.31. The molecule has 1 aliphatic carbocycles. The zero-order valence-corrected chi connectivity index (χ0v) is 10.6. The fourth-order valence-corrected chi connectivity index (χ4v) is 2.95. The van der Waals surface area contributed by atoms with Crippen LogP contribution in [0.3, 0.4) is 0 Å². The van der Waals surface area contributed by atoms with Gasteiger partial charge in [-0.25, -0.2) is 0 Å². The Morgan fingerprint density at radius 1 is 0.944 bits per heavy atom. The number of ether oxygens (including phenoxy) is 1. The number of hydrogen-bond acceptors (Lipinski definition) is 2. The molecule has 1 aromatic rings. The van der Waals surface area contributed by atoms with E-state index >= 15 is 0 Å². The zero-order valence-electron chi connectivity index (χ0n) is 10.6. The lowest BCUT2D eigenvalue weighted by Crippen LogP contribution is -2.13. The molecule has 0 spiro atoms. The highest BCUT2D eigenvalue weighted by Gasteiger charge is 2.23. The molecule has 1 aliphatic heterocycles. The van der Waals surface area contributed by atoms with Gasteiger partial charge >= 0.3 is 0 Å². The molecular weight excluding hydrogens is 224 g/mol. The molecular formula is C16H18O2. The van der Waals surface area contributed by atoms with Crippen LogP contribution >= 0.6 is 0 Å². The van der Waals surface area contributed by atoms with Crippen molar-refractivity contribution in [2.75, 3.05) is 13.2 Å². The molecule has 1 aromatic carbocycles. The third-order valence-corrected chi connectivity index (χ3v) is 3.93. The van der Waals surface area contributed by atoms with E-state index in [4.69, 9.17) is 4.74 Å². The SMILES string of the molecule is O=C1C(=C2CCOCC2)CCCc2ccccc21. The van der Waals surface area contributed by atoms with Gasteiger partial charge in [0.05, 0.1) is 13.2 Å². The van der Waals surface area contributed by atoms with Crippen molar-refractivity contribution >= 4 is 5.78 Å². The minimum Gasteiger partial charge on any atom is -0.381 e. The van der Waals surface area contributed by atoms with Gasteiger partial charge in [-0.05, 0) is 43.2 Å². The summed E-state index contributed by atoms with van der Waals surface area (Å²) in [5.41, 5.74) is 4.54. The first-order valence-electron chi connectivity index (χ1n) is 6.77. The number of fused-ring (bicyclic) bond motifs is 1. The van der Waals surface area contributed by atoms with Crippen LogP contribution in [0.5, 0.6) is 0 Å². The van der Waals surface area contributed by atoms with E-state index in [1.54, 1.807) is 0 Å². The van der Waals surface area contributed by atoms with Crippen LogP contribution in [0, 0.1) is 0 Å². The van der Waals surface area contributed by atoms with E-state index < -0.39 is 0 Å². The van der Waals surface area contributed by atoms with Gasteiger partial charge in [-0.1, -0.05) is 29.8 Å². The van der Waals surface area contributed by atoms with Crippen LogP contribution in [0.25, 0.3) is 0 Å². The molecule has 0 radical (unpaired) electrons. The topological polar surface area (TPSA) is 26.3 Å². The number of allylic oxidation sites excluding steroid dienone is 1. The molecule has 1 fully saturated rings. The zero-order chi connectivity index (χ0) is 12.4. The second-order valence-corrected chi connectivity index (χ2v) is 5.03. The maximum absolute atomic E-state index is 12.6. The van der Waals surface area contributed by atoms with Crippen LogP contribution in [0.15, 0.2) is 35.4 Å². The smallest absolute Gasteiger partial charge is 0.189 e. The third kappa shape index (κ3) is 2.13. The second kappa shape index (κ2) is 5.07. The summed E-state index contributed by atoms with van der Waals surface area (Å²) >= 11 is 0. The molecule has 0 atom stereocenters. The van der Waals surface area contributed by atoms with Crippen LogP contribution in [-0.4, -0.2) is 19.0 Å². The van der Waals surface area contributed by atoms with Crippen LogP contribution in [-0.2, 0) is 11.2 Å². The normalized spacial score (nSPS) is 20.6. The van der Waals surface area contributed by atoms with Gasteiger partial charge in [-0.3, -0.25) is 4.79 Å². The lowest BCUT2D eigenvalue weighted by atomic mass is 9.92. The Kier molecular flexibility index (Phi) is 3.28. The monoisotopic (exact) mass is 242 g/mol. The molecule has 2 aliphatic rings. The van der Waals surface area contributed by atoms with Crippen molar-refractivity contribution in [2.24, 2.45) is 0 Å². The summed E-state index contributed by atoms with van der Waals surface area (Å²) < 4.78 is 5.38. The Labute approximate surface area is 108 Å². The molecule has 94 valence electrons. The molecule has 0 bridgehead atoms. The molecule has 0 saturated carbocycles. The predicted molar refractivity (Wildman–Crippen MR) is 70.8 cm³/mol. The number of rotatable bonds is 0. The molecule has 1 saturated heterocycles. The van der Waals surface area contributed by atoms with Gasteiger partial charge in [0.2, 0.25) is 0 Å². The van der Waals surface area contributed by atoms with Crippen LogP contribution < -0.4 is 0 Å². The van der Waals surface area contributed by atoms with E-state index in [0.717, 1.165) is 56.5 Å². The highest BCUT2D eigenvalue weighted by Crippen LogP contribution is 2.29. The Morgan fingerprint density at radius 3 is 2.56 bits per heavy atom.